The molecule has 1 aromatic carbocycles. The van der Waals surface area contributed by atoms with Crippen LogP contribution in [0, 0.1) is 0 Å². The minimum absolute atomic E-state index is 0.242. The Morgan fingerprint density at radius 3 is 2.82 bits per heavy atom. The summed E-state index contributed by atoms with van der Waals surface area (Å²) >= 11 is 0. The van der Waals surface area contributed by atoms with Crippen molar-refractivity contribution in [1.29, 1.82) is 0 Å². The molecule has 0 aromatic heterocycles. The van der Waals surface area contributed by atoms with E-state index in [1.54, 1.807) is 0 Å². The molecule has 2 atom stereocenters. The molecule has 1 aliphatic heterocycles. The van der Waals surface area contributed by atoms with Crippen molar-refractivity contribution in [1.82, 2.24) is 0 Å². The summed E-state index contributed by atoms with van der Waals surface area (Å²) in [6.07, 6.45) is 6.94. The summed E-state index contributed by atoms with van der Waals surface area (Å²) in [4.78, 5) is 0. The maximum Gasteiger partial charge on any atom is 0.107 e. The van der Waals surface area contributed by atoms with E-state index < -0.39 is 0 Å². The van der Waals surface area contributed by atoms with Crippen LogP contribution in [-0.2, 0) is 16.1 Å². The number of rotatable bonds is 7. The van der Waals surface area contributed by atoms with Crippen LogP contribution >= 0.6 is 0 Å². The van der Waals surface area contributed by atoms with Crippen LogP contribution in [0.2, 0.25) is 0 Å². The van der Waals surface area contributed by atoms with E-state index in [9.17, 15) is 0 Å². The maximum absolute atomic E-state index is 5.94. The molecule has 17 heavy (non-hydrogen) atoms. The van der Waals surface area contributed by atoms with Crippen LogP contribution in [0.5, 0.6) is 0 Å². The Morgan fingerprint density at radius 2 is 2.18 bits per heavy atom. The average molecular weight is 232 g/mol. The highest BCUT2D eigenvalue weighted by Gasteiger charge is 2.32. The van der Waals surface area contributed by atoms with E-state index in [-0.39, 0.29) is 6.10 Å². The Bertz CT molecular complexity index is 341. The van der Waals surface area contributed by atoms with Crippen LogP contribution in [-0.4, -0.2) is 18.8 Å². The molecule has 0 spiro atoms. The first-order valence-corrected chi connectivity index (χ1v) is 6.28. The van der Waals surface area contributed by atoms with Gasteiger partial charge in [0, 0.05) is 0 Å². The van der Waals surface area contributed by atoms with Crippen molar-refractivity contribution in [2.75, 3.05) is 6.61 Å². The monoisotopic (exact) mass is 232 g/mol. The third-order valence-electron chi connectivity index (χ3n) is 2.93. The lowest BCUT2D eigenvalue weighted by Crippen LogP contribution is -2.19. The predicted octanol–water partition coefficient (Wildman–Crippen LogP) is 3.33. The molecule has 0 unspecified atom stereocenters. The van der Waals surface area contributed by atoms with Crippen molar-refractivity contribution in [2.45, 2.75) is 38.6 Å². The summed E-state index contributed by atoms with van der Waals surface area (Å²) < 4.78 is 11.3. The minimum atomic E-state index is 0.242. The Kier molecular flexibility index (Phi) is 4.77. The molecular weight excluding hydrogens is 212 g/mol. The lowest BCUT2D eigenvalue weighted by molar-refractivity contribution is 0.0170. The van der Waals surface area contributed by atoms with Gasteiger partial charge in [-0.05, 0) is 25.3 Å². The second-order valence-electron chi connectivity index (χ2n) is 4.35. The third kappa shape index (κ3) is 4.33. The van der Waals surface area contributed by atoms with E-state index >= 15 is 0 Å². The molecule has 0 N–H and O–H groups in total. The van der Waals surface area contributed by atoms with Crippen LogP contribution < -0.4 is 0 Å². The Labute approximate surface area is 103 Å². The van der Waals surface area contributed by atoms with Gasteiger partial charge >= 0.3 is 0 Å². The summed E-state index contributed by atoms with van der Waals surface area (Å²) in [6.45, 7) is 3.59. The second-order valence-corrected chi connectivity index (χ2v) is 4.35. The highest BCUT2D eigenvalue weighted by atomic mass is 16.6. The van der Waals surface area contributed by atoms with Crippen molar-refractivity contribution in [3.05, 3.63) is 48.0 Å². The molecule has 0 radical (unpaired) electrons. The van der Waals surface area contributed by atoms with Gasteiger partial charge in [0.2, 0.25) is 0 Å². The van der Waals surface area contributed by atoms with Gasteiger partial charge in [0.05, 0.1) is 19.3 Å². The van der Waals surface area contributed by atoms with E-state index in [0.29, 0.717) is 12.7 Å². The predicted molar refractivity (Wildman–Crippen MR) is 68.8 cm³/mol. The minimum Gasteiger partial charge on any atom is -0.371 e. The largest absolute Gasteiger partial charge is 0.371 e. The molecular formula is C15H20O2. The highest BCUT2D eigenvalue weighted by molar-refractivity contribution is 5.13. The molecule has 0 saturated carbocycles. The van der Waals surface area contributed by atoms with Crippen molar-refractivity contribution in [3.63, 3.8) is 0 Å². The molecule has 2 heteroatoms. The molecule has 1 saturated heterocycles. The van der Waals surface area contributed by atoms with E-state index in [1.807, 2.05) is 25.1 Å². The summed E-state index contributed by atoms with van der Waals surface area (Å²) in [5.41, 5.74) is 1.23. The standard InChI is InChI=1S/C15H20O2/c1-2-3-5-10-14(15-12-17-15)16-11-13-8-6-4-7-9-13/h2-4,6-9,14-15H,5,10-12H2,1H3/b3-2-/t14-,15+/m1/s1. The van der Waals surface area contributed by atoms with Gasteiger partial charge in [0.25, 0.3) is 0 Å². The fourth-order valence-corrected chi connectivity index (χ4v) is 1.85. The van der Waals surface area contributed by atoms with Crippen molar-refractivity contribution < 1.29 is 9.47 Å². The number of allylic oxidation sites excluding steroid dienone is 2. The van der Waals surface area contributed by atoms with Gasteiger partial charge in [-0.2, -0.15) is 0 Å². The maximum atomic E-state index is 5.94. The number of hydrogen-bond donors (Lipinski definition) is 0. The van der Waals surface area contributed by atoms with Gasteiger partial charge in [-0.25, -0.2) is 0 Å². The summed E-state index contributed by atoms with van der Waals surface area (Å²) in [5, 5.41) is 0. The fourth-order valence-electron chi connectivity index (χ4n) is 1.85. The zero-order valence-corrected chi connectivity index (χ0v) is 10.3. The van der Waals surface area contributed by atoms with Gasteiger partial charge < -0.3 is 9.47 Å². The topological polar surface area (TPSA) is 21.8 Å². The Hall–Kier alpha value is -1.12. The molecule has 2 nitrogen and oxygen atoms in total. The Balaban J connectivity index is 1.77. The number of hydrogen-bond acceptors (Lipinski definition) is 2. The zero-order chi connectivity index (χ0) is 11.9. The number of epoxide rings is 1. The first-order valence-electron chi connectivity index (χ1n) is 6.28. The van der Waals surface area contributed by atoms with Crippen LogP contribution in [0.4, 0.5) is 0 Å². The van der Waals surface area contributed by atoms with Crippen molar-refractivity contribution >= 4 is 0 Å². The van der Waals surface area contributed by atoms with Crippen LogP contribution in [0.25, 0.3) is 0 Å². The summed E-state index contributed by atoms with van der Waals surface area (Å²) in [5.74, 6) is 0. The molecule has 1 aliphatic rings. The van der Waals surface area contributed by atoms with Gasteiger partial charge in [-0.1, -0.05) is 42.5 Å². The zero-order valence-electron chi connectivity index (χ0n) is 10.3. The van der Waals surface area contributed by atoms with Crippen molar-refractivity contribution in [3.8, 4) is 0 Å². The smallest absolute Gasteiger partial charge is 0.107 e. The van der Waals surface area contributed by atoms with E-state index in [2.05, 4.69) is 24.3 Å². The molecule has 1 aromatic rings. The molecule has 2 rings (SSSR count). The van der Waals surface area contributed by atoms with Gasteiger partial charge in [0.15, 0.2) is 0 Å². The lowest BCUT2D eigenvalue weighted by Gasteiger charge is -2.15. The number of ether oxygens (including phenoxy) is 2. The van der Waals surface area contributed by atoms with Gasteiger partial charge in [-0.3, -0.25) is 0 Å². The van der Waals surface area contributed by atoms with Crippen LogP contribution in [0.3, 0.4) is 0 Å². The number of benzene rings is 1. The summed E-state index contributed by atoms with van der Waals surface area (Å²) in [6, 6.07) is 10.3. The first kappa shape index (κ1) is 12.3. The Morgan fingerprint density at radius 1 is 1.41 bits per heavy atom. The third-order valence-corrected chi connectivity index (χ3v) is 2.93. The second kappa shape index (κ2) is 6.58. The van der Waals surface area contributed by atoms with E-state index in [4.69, 9.17) is 9.47 Å². The lowest BCUT2D eigenvalue weighted by atomic mass is 10.1. The normalized spacial score (nSPS) is 20.6. The molecule has 92 valence electrons. The molecule has 0 amide bonds. The SMILES string of the molecule is C/C=C\CC[C@@H](OCc1ccccc1)[C@@H]1CO1. The summed E-state index contributed by atoms with van der Waals surface area (Å²) in [7, 11) is 0. The quantitative estimate of drug-likeness (QED) is 0.531. The highest BCUT2D eigenvalue weighted by Crippen LogP contribution is 2.22. The first-order chi connectivity index (χ1) is 8.40. The van der Waals surface area contributed by atoms with Crippen LogP contribution in [0.15, 0.2) is 42.5 Å². The molecule has 0 aliphatic carbocycles. The van der Waals surface area contributed by atoms with E-state index in [0.717, 1.165) is 19.4 Å². The molecule has 1 heterocycles. The van der Waals surface area contributed by atoms with E-state index in [1.165, 1.54) is 5.56 Å². The molecule has 1 fully saturated rings. The van der Waals surface area contributed by atoms with Gasteiger partial charge in [-0.15, -0.1) is 0 Å². The average Bonchev–Trinajstić information content (AvgIpc) is 3.19. The molecule has 0 bridgehead atoms. The van der Waals surface area contributed by atoms with Crippen molar-refractivity contribution in [2.24, 2.45) is 0 Å². The fraction of sp³-hybridized carbons (Fsp3) is 0.467. The van der Waals surface area contributed by atoms with Crippen LogP contribution in [0.1, 0.15) is 25.3 Å². The van der Waals surface area contributed by atoms with Gasteiger partial charge in [0.1, 0.15) is 6.10 Å².